The molecule has 4 aromatic rings. The van der Waals surface area contributed by atoms with E-state index in [2.05, 4.69) is 40.7 Å². The summed E-state index contributed by atoms with van der Waals surface area (Å²) in [4.78, 5) is 22.1. The van der Waals surface area contributed by atoms with Gasteiger partial charge in [-0.3, -0.25) is 4.79 Å². The third-order valence-corrected chi connectivity index (χ3v) is 6.59. The summed E-state index contributed by atoms with van der Waals surface area (Å²) >= 11 is 0. The van der Waals surface area contributed by atoms with Crippen molar-refractivity contribution in [3.63, 3.8) is 0 Å². The molecule has 1 saturated carbocycles. The first kappa shape index (κ1) is 25.5. The summed E-state index contributed by atoms with van der Waals surface area (Å²) in [6.07, 6.45) is 5.39. The maximum absolute atomic E-state index is 13.1. The highest BCUT2D eigenvalue weighted by Crippen LogP contribution is 2.27. The zero-order valence-corrected chi connectivity index (χ0v) is 21.3. The van der Waals surface area contributed by atoms with E-state index in [1.165, 1.54) is 10.9 Å². The highest BCUT2D eigenvalue weighted by atomic mass is 35.5. The summed E-state index contributed by atoms with van der Waals surface area (Å²) in [5.41, 5.74) is 3.83. The zero-order valence-electron chi connectivity index (χ0n) is 20.5. The van der Waals surface area contributed by atoms with Crippen LogP contribution in [0.3, 0.4) is 0 Å². The first-order valence-electron chi connectivity index (χ1n) is 12.2. The molecule has 2 aromatic heterocycles. The van der Waals surface area contributed by atoms with Crippen molar-refractivity contribution in [2.45, 2.75) is 51.6 Å². The average Bonchev–Trinajstić information content (AvgIpc) is 2.87. The van der Waals surface area contributed by atoms with E-state index < -0.39 is 0 Å². The van der Waals surface area contributed by atoms with Crippen LogP contribution in [0.15, 0.2) is 72.9 Å². The number of anilines is 1. The molecule has 1 fully saturated rings. The third-order valence-electron chi connectivity index (χ3n) is 6.59. The predicted molar refractivity (Wildman–Crippen MR) is 146 cm³/mol. The molecule has 0 saturated heterocycles. The molecule has 0 radical (unpaired) electrons. The molecule has 7 heteroatoms. The van der Waals surface area contributed by atoms with E-state index in [4.69, 9.17) is 9.72 Å². The summed E-state index contributed by atoms with van der Waals surface area (Å²) in [7, 11) is 0. The summed E-state index contributed by atoms with van der Waals surface area (Å²) in [6.45, 7) is 4.14. The number of hydrogen-bond donors (Lipinski definition) is 2. The Bertz CT molecular complexity index is 1330. The number of amides is 1. The number of carbonyl (C=O) groups is 1. The van der Waals surface area contributed by atoms with Gasteiger partial charge in [-0.15, -0.1) is 12.4 Å². The van der Waals surface area contributed by atoms with Gasteiger partial charge in [0.1, 0.15) is 17.1 Å². The number of fused-ring (bicyclic) bond motifs is 1. The van der Waals surface area contributed by atoms with Crippen LogP contribution in [-0.2, 0) is 0 Å². The van der Waals surface area contributed by atoms with Crippen LogP contribution < -0.4 is 15.4 Å². The van der Waals surface area contributed by atoms with Crippen LogP contribution in [0.1, 0.15) is 47.2 Å². The lowest BCUT2D eigenvalue weighted by atomic mass is 9.91. The van der Waals surface area contributed by atoms with Crippen LogP contribution >= 0.6 is 12.4 Å². The molecule has 2 heterocycles. The van der Waals surface area contributed by atoms with Crippen LogP contribution in [0, 0.1) is 13.8 Å². The quantitative estimate of drug-likeness (QED) is 0.310. The number of para-hydroxylation sites is 1. The van der Waals surface area contributed by atoms with Gasteiger partial charge in [0.05, 0.1) is 5.52 Å². The fourth-order valence-electron chi connectivity index (χ4n) is 4.64. The van der Waals surface area contributed by atoms with Gasteiger partial charge in [0.2, 0.25) is 5.88 Å². The number of aryl methyl sites for hydroxylation is 2. The van der Waals surface area contributed by atoms with Crippen LogP contribution in [0.2, 0.25) is 0 Å². The second-order valence-corrected chi connectivity index (χ2v) is 9.28. The van der Waals surface area contributed by atoms with E-state index in [0.717, 1.165) is 42.6 Å². The van der Waals surface area contributed by atoms with Crippen molar-refractivity contribution < 1.29 is 9.53 Å². The first-order chi connectivity index (χ1) is 17.0. The molecule has 1 aliphatic rings. The number of pyridine rings is 2. The van der Waals surface area contributed by atoms with Gasteiger partial charge in [0, 0.05) is 23.7 Å². The molecule has 6 nitrogen and oxygen atoms in total. The number of ether oxygens (including phenoxy) is 1. The fourth-order valence-corrected chi connectivity index (χ4v) is 4.64. The van der Waals surface area contributed by atoms with Gasteiger partial charge in [0.25, 0.3) is 5.91 Å². The number of nitrogens with one attached hydrogen (secondary N) is 2. The highest BCUT2D eigenvalue weighted by molar-refractivity contribution is 5.96. The molecule has 0 unspecified atom stereocenters. The lowest BCUT2D eigenvalue weighted by Crippen LogP contribution is -2.40. The Hall–Kier alpha value is -3.64. The van der Waals surface area contributed by atoms with E-state index in [1.54, 1.807) is 18.3 Å². The minimum Gasteiger partial charge on any atom is -0.438 e. The van der Waals surface area contributed by atoms with Gasteiger partial charge in [-0.1, -0.05) is 35.9 Å². The standard InChI is InChI=1S/C29H30N4O2.ClH/c1-19-9-15-23(16-10-19)35-29-25(7-5-17-30-29)28(34)32-22-13-11-21(12-14-22)31-27-18-20(2)24-6-3-4-8-26(24)33-27;/h3-10,15-18,21-22H,11-14H2,1-2H3,(H,31,33)(H,32,34);1H/t21-,22+;. The maximum atomic E-state index is 13.1. The monoisotopic (exact) mass is 502 g/mol. The molecule has 0 spiro atoms. The Labute approximate surface area is 217 Å². The minimum atomic E-state index is -0.150. The van der Waals surface area contributed by atoms with Crippen molar-refractivity contribution in [1.29, 1.82) is 0 Å². The number of benzene rings is 2. The van der Waals surface area contributed by atoms with Crippen LogP contribution in [0.5, 0.6) is 11.6 Å². The van der Waals surface area contributed by atoms with Gasteiger partial charge in [-0.2, -0.15) is 0 Å². The molecule has 0 aliphatic heterocycles. The summed E-state index contributed by atoms with van der Waals surface area (Å²) < 4.78 is 5.91. The maximum Gasteiger partial charge on any atom is 0.257 e. The van der Waals surface area contributed by atoms with Gasteiger partial charge in [0.15, 0.2) is 0 Å². The minimum absolute atomic E-state index is 0. The van der Waals surface area contributed by atoms with E-state index in [0.29, 0.717) is 23.2 Å². The van der Waals surface area contributed by atoms with Crippen molar-refractivity contribution in [1.82, 2.24) is 15.3 Å². The van der Waals surface area contributed by atoms with E-state index in [9.17, 15) is 4.79 Å². The van der Waals surface area contributed by atoms with E-state index >= 15 is 0 Å². The number of hydrogen-bond acceptors (Lipinski definition) is 5. The second-order valence-electron chi connectivity index (χ2n) is 9.28. The zero-order chi connectivity index (χ0) is 24.2. The molecule has 1 amide bonds. The molecule has 36 heavy (non-hydrogen) atoms. The number of nitrogens with zero attached hydrogens (tertiary/aromatic N) is 2. The smallest absolute Gasteiger partial charge is 0.257 e. The largest absolute Gasteiger partial charge is 0.438 e. The van der Waals surface area contributed by atoms with E-state index in [1.807, 2.05) is 43.3 Å². The van der Waals surface area contributed by atoms with Crippen molar-refractivity contribution in [2.75, 3.05) is 5.32 Å². The highest BCUT2D eigenvalue weighted by Gasteiger charge is 2.24. The Balaban J connectivity index is 0.00000304. The van der Waals surface area contributed by atoms with Crippen LogP contribution in [-0.4, -0.2) is 28.0 Å². The van der Waals surface area contributed by atoms with Gasteiger partial charge < -0.3 is 15.4 Å². The van der Waals surface area contributed by atoms with Crippen molar-refractivity contribution in [3.8, 4) is 11.6 Å². The van der Waals surface area contributed by atoms with Gasteiger partial charge >= 0.3 is 0 Å². The van der Waals surface area contributed by atoms with Crippen molar-refractivity contribution in [3.05, 3.63) is 89.6 Å². The van der Waals surface area contributed by atoms with Gasteiger partial charge in [-0.25, -0.2) is 9.97 Å². The van der Waals surface area contributed by atoms with E-state index in [-0.39, 0.29) is 24.4 Å². The fraction of sp³-hybridized carbons (Fsp3) is 0.276. The lowest BCUT2D eigenvalue weighted by Gasteiger charge is -2.30. The number of halogens is 1. The lowest BCUT2D eigenvalue weighted by molar-refractivity contribution is 0.0923. The summed E-state index contributed by atoms with van der Waals surface area (Å²) in [5, 5.41) is 7.98. The molecule has 0 atom stereocenters. The Kier molecular flexibility index (Phi) is 8.06. The molecule has 0 bridgehead atoms. The Morgan fingerprint density at radius 1 is 0.917 bits per heavy atom. The molecular weight excluding hydrogens is 472 g/mol. The topological polar surface area (TPSA) is 76.1 Å². The average molecular weight is 503 g/mol. The molecule has 186 valence electrons. The normalized spacial score (nSPS) is 17.2. The number of aromatic nitrogens is 2. The van der Waals surface area contributed by atoms with Gasteiger partial charge in [-0.05, 0) is 81.5 Å². The third kappa shape index (κ3) is 5.94. The van der Waals surface area contributed by atoms with Crippen LogP contribution in [0.4, 0.5) is 5.82 Å². The number of carbonyl (C=O) groups excluding carboxylic acids is 1. The van der Waals surface area contributed by atoms with Crippen LogP contribution in [0.25, 0.3) is 10.9 Å². The molecular formula is C29H31ClN4O2. The Morgan fingerprint density at radius 3 is 2.42 bits per heavy atom. The predicted octanol–water partition coefficient (Wildman–Crippen LogP) is 6.61. The summed E-state index contributed by atoms with van der Waals surface area (Å²) in [6, 6.07) is 22.0. The first-order valence-corrected chi connectivity index (χ1v) is 12.2. The Morgan fingerprint density at radius 2 is 1.64 bits per heavy atom. The SMILES string of the molecule is Cc1ccc(Oc2ncccc2C(=O)N[C@H]2CC[C@@H](Nc3cc(C)c4ccccc4n3)CC2)cc1.Cl. The number of rotatable bonds is 6. The molecule has 5 rings (SSSR count). The molecule has 1 aliphatic carbocycles. The molecule has 2 N–H and O–H groups in total. The molecule has 2 aromatic carbocycles. The van der Waals surface area contributed by atoms with Crippen molar-refractivity contribution >= 4 is 35.0 Å². The van der Waals surface area contributed by atoms with Crippen molar-refractivity contribution in [2.24, 2.45) is 0 Å². The summed E-state index contributed by atoms with van der Waals surface area (Å²) in [5.74, 6) is 1.75. The second kappa shape index (κ2) is 11.4.